The van der Waals surface area contributed by atoms with Crippen molar-refractivity contribution in [2.24, 2.45) is 4.99 Å². The monoisotopic (exact) mass is 295 g/mol. The molecule has 1 aliphatic rings. The number of carbonyl (C=O) groups is 1. The Morgan fingerprint density at radius 1 is 1.25 bits per heavy atom. The molecule has 7 heteroatoms. The van der Waals surface area contributed by atoms with E-state index in [2.05, 4.69) is 9.71 Å². The molecule has 1 aromatic carbocycles. The van der Waals surface area contributed by atoms with Gasteiger partial charge in [-0.15, -0.1) is 0 Å². The fourth-order valence-corrected chi connectivity index (χ4v) is 3.33. The van der Waals surface area contributed by atoms with Crippen molar-refractivity contribution in [3.05, 3.63) is 29.8 Å². The molecule has 1 amide bonds. The van der Waals surface area contributed by atoms with Crippen LogP contribution in [0.4, 0.5) is 0 Å². The average molecular weight is 295 g/mol. The SMILES string of the molecule is CCN(CC)C(=O)CN=C1NS(=O)(=O)c2ccccc21. The van der Waals surface area contributed by atoms with Crippen molar-refractivity contribution in [2.45, 2.75) is 18.7 Å². The highest BCUT2D eigenvalue weighted by Gasteiger charge is 2.30. The summed E-state index contributed by atoms with van der Waals surface area (Å²) in [7, 11) is -3.54. The van der Waals surface area contributed by atoms with Gasteiger partial charge >= 0.3 is 0 Å². The van der Waals surface area contributed by atoms with Crippen LogP contribution in [0, 0.1) is 0 Å². The molecule has 6 nitrogen and oxygen atoms in total. The molecule has 1 aromatic rings. The number of likely N-dealkylation sites (N-methyl/N-ethyl adjacent to an activating group) is 1. The maximum absolute atomic E-state index is 11.9. The minimum atomic E-state index is -3.54. The largest absolute Gasteiger partial charge is 0.342 e. The fourth-order valence-electron chi connectivity index (χ4n) is 2.07. The number of sulfonamides is 1. The number of rotatable bonds is 4. The number of amidine groups is 1. The minimum Gasteiger partial charge on any atom is -0.342 e. The van der Waals surface area contributed by atoms with Crippen molar-refractivity contribution in [3.63, 3.8) is 0 Å². The van der Waals surface area contributed by atoms with Gasteiger partial charge in [-0.2, -0.15) is 0 Å². The summed E-state index contributed by atoms with van der Waals surface area (Å²) in [4.78, 5) is 17.8. The summed E-state index contributed by atoms with van der Waals surface area (Å²) in [6.07, 6.45) is 0. The van der Waals surface area contributed by atoms with Crippen LogP contribution in [0.15, 0.2) is 34.2 Å². The van der Waals surface area contributed by atoms with Crippen molar-refractivity contribution in [1.29, 1.82) is 0 Å². The van der Waals surface area contributed by atoms with E-state index < -0.39 is 10.0 Å². The predicted octanol–water partition coefficient (Wildman–Crippen LogP) is 0.594. The van der Waals surface area contributed by atoms with Gasteiger partial charge in [0.05, 0.1) is 4.90 Å². The molecule has 2 rings (SSSR count). The van der Waals surface area contributed by atoms with Crippen LogP contribution in [0.2, 0.25) is 0 Å². The van der Waals surface area contributed by atoms with Crippen LogP contribution in [0.1, 0.15) is 19.4 Å². The molecular formula is C13H17N3O3S. The first-order chi connectivity index (χ1) is 9.49. The molecule has 0 radical (unpaired) electrons. The lowest BCUT2D eigenvalue weighted by Gasteiger charge is -2.17. The second kappa shape index (κ2) is 5.62. The maximum atomic E-state index is 11.9. The lowest BCUT2D eigenvalue weighted by atomic mass is 10.2. The molecule has 1 N–H and O–H groups in total. The van der Waals surface area contributed by atoms with Crippen molar-refractivity contribution in [2.75, 3.05) is 19.6 Å². The van der Waals surface area contributed by atoms with Gasteiger partial charge in [-0.25, -0.2) is 8.42 Å². The van der Waals surface area contributed by atoms with Crippen molar-refractivity contribution in [3.8, 4) is 0 Å². The van der Waals surface area contributed by atoms with Crippen LogP contribution in [0.3, 0.4) is 0 Å². The first kappa shape index (κ1) is 14.5. The van der Waals surface area contributed by atoms with Gasteiger partial charge in [0.25, 0.3) is 10.0 Å². The van der Waals surface area contributed by atoms with E-state index in [0.717, 1.165) is 0 Å². The molecule has 20 heavy (non-hydrogen) atoms. The van der Waals surface area contributed by atoms with Crippen LogP contribution in [0.25, 0.3) is 0 Å². The molecule has 0 aromatic heterocycles. The zero-order valence-corrected chi connectivity index (χ0v) is 12.3. The van der Waals surface area contributed by atoms with Crippen LogP contribution >= 0.6 is 0 Å². The number of benzene rings is 1. The highest BCUT2D eigenvalue weighted by atomic mass is 32.2. The summed E-state index contributed by atoms with van der Waals surface area (Å²) in [6.45, 7) is 4.95. The van der Waals surface area contributed by atoms with E-state index in [-0.39, 0.29) is 23.2 Å². The fraction of sp³-hybridized carbons (Fsp3) is 0.385. The number of carbonyl (C=O) groups excluding carboxylic acids is 1. The van der Waals surface area contributed by atoms with E-state index >= 15 is 0 Å². The lowest BCUT2D eigenvalue weighted by molar-refractivity contribution is -0.129. The Labute approximate surface area is 118 Å². The number of nitrogens with one attached hydrogen (secondary N) is 1. The Bertz CT molecular complexity index is 649. The number of nitrogens with zero attached hydrogens (tertiary/aromatic N) is 2. The van der Waals surface area contributed by atoms with Crippen molar-refractivity contribution >= 4 is 21.8 Å². The van der Waals surface area contributed by atoms with Gasteiger partial charge < -0.3 is 4.90 Å². The van der Waals surface area contributed by atoms with Crippen LogP contribution in [-0.4, -0.2) is 44.7 Å². The zero-order valence-electron chi connectivity index (χ0n) is 11.5. The molecule has 1 heterocycles. The number of amides is 1. The topological polar surface area (TPSA) is 78.8 Å². The molecule has 0 atom stereocenters. The Morgan fingerprint density at radius 3 is 2.55 bits per heavy atom. The van der Waals surface area contributed by atoms with Crippen LogP contribution in [-0.2, 0) is 14.8 Å². The van der Waals surface area contributed by atoms with Gasteiger partial charge in [0.2, 0.25) is 5.91 Å². The quantitative estimate of drug-likeness (QED) is 0.883. The van der Waals surface area contributed by atoms with Gasteiger partial charge in [0, 0.05) is 18.7 Å². The number of fused-ring (bicyclic) bond motifs is 1. The highest BCUT2D eigenvalue weighted by Crippen LogP contribution is 2.21. The standard InChI is InChI=1S/C13H17N3O3S/c1-3-16(4-2)12(17)9-14-13-10-7-5-6-8-11(10)20(18,19)15-13/h5-8H,3-4,9H2,1-2H3,(H,14,15). The first-order valence-electron chi connectivity index (χ1n) is 6.44. The number of hydrogen-bond acceptors (Lipinski definition) is 4. The Morgan fingerprint density at radius 2 is 1.90 bits per heavy atom. The van der Waals surface area contributed by atoms with E-state index in [0.29, 0.717) is 18.7 Å². The molecule has 0 spiro atoms. The highest BCUT2D eigenvalue weighted by molar-refractivity contribution is 7.90. The third-order valence-electron chi connectivity index (χ3n) is 3.15. The summed E-state index contributed by atoms with van der Waals surface area (Å²) in [6, 6.07) is 6.59. The molecular weight excluding hydrogens is 278 g/mol. The molecule has 0 unspecified atom stereocenters. The van der Waals surface area contributed by atoms with Gasteiger partial charge in [-0.05, 0) is 26.0 Å². The molecule has 1 aliphatic heterocycles. The van der Waals surface area contributed by atoms with E-state index in [9.17, 15) is 13.2 Å². The number of hydrogen-bond donors (Lipinski definition) is 1. The van der Waals surface area contributed by atoms with Crippen LogP contribution < -0.4 is 4.72 Å². The van der Waals surface area contributed by atoms with Crippen molar-refractivity contribution < 1.29 is 13.2 Å². The maximum Gasteiger partial charge on any atom is 0.263 e. The molecule has 0 fully saturated rings. The third kappa shape index (κ3) is 2.67. The first-order valence-corrected chi connectivity index (χ1v) is 7.92. The van der Waals surface area contributed by atoms with E-state index in [1.54, 1.807) is 23.1 Å². The normalized spacial score (nSPS) is 17.6. The molecule has 0 saturated heterocycles. The zero-order chi connectivity index (χ0) is 14.8. The Hall–Kier alpha value is -1.89. The second-order valence-electron chi connectivity index (χ2n) is 4.33. The summed E-state index contributed by atoms with van der Waals surface area (Å²) >= 11 is 0. The lowest BCUT2D eigenvalue weighted by Crippen LogP contribution is -2.33. The second-order valence-corrected chi connectivity index (χ2v) is 5.98. The minimum absolute atomic E-state index is 0.0616. The van der Waals surface area contributed by atoms with Gasteiger partial charge in [0.15, 0.2) is 0 Å². The molecule has 0 saturated carbocycles. The van der Waals surface area contributed by atoms with E-state index in [1.165, 1.54) is 6.07 Å². The van der Waals surface area contributed by atoms with Crippen LogP contribution in [0.5, 0.6) is 0 Å². The summed E-state index contributed by atoms with van der Waals surface area (Å²) in [5.41, 5.74) is 0.514. The van der Waals surface area contributed by atoms with E-state index in [4.69, 9.17) is 0 Å². The van der Waals surface area contributed by atoms with Gasteiger partial charge in [0.1, 0.15) is 12.4 Å². The smallest absolute Gasteiger partial charge is 0.263 e. The molecule has 108 valence electrons. The summed E-state index contributed by atoms with van der Waals surface area (Å²) < 4.78 is 26.1. The Balaban J connectivity index is 2.24. The average Bonchev–Trinajstić information content (AvgIpc) is 2.70. The number of aliphatic imine (C=N–C) groups is 1. The van der Waals surface area contributed by atoms with Gasteiger partial charge in [-0.3, -0.25) is 14.5 Å². The summed E-state index contributed by atoms with van der Waals surface area (Å²) in [5, 5.41) is 0. The Kier molecular flexibility index (Phi) is 4.08. The van der Waals surface area contributed by atoms with E-state index in [1.807, 2.05) is 13.8 Å². The van der Waals surface area contributed by atoms with Gasteiger partial charge in [-0.1, -0.05) is 12.1 Å². The van der Waals surface area contributed by atoms with Crippen molar-refractivity contribution in [1.82, 2.24) is 9.62 Å². The summed E-state index contributed by atoms with van der Waals surface area (Å²) in [5.74, 6) is 0.118. The molecule has 0 aliphatic carbocycles. The third-order valence-corrected chi connectivity index (χ3v) is 4.55. The predicted molar refractivity (Wildman–Crippen MR) is 76.1 cm³/mol. The molecule has 0 bridgehead atoms.